The van der Waals surface area contributed by atoms with E-state index in [4.69, 9.17) is 9.47 Å². The first-order valence-electron chi connectivity index (χ1n) is 7.27. The highest BCUT2D eigenvalue weighted by Crippen LogP contribution is 2.38. The van der Waals surface area contributed by atoms with Gasteiger partial charge < -0.3 is 14.4 Å². The zero-order chi connectivity index (χ0) is 13.3. The lowest BCUT2D eigenvalue weighted by Gasteiger charge is -2.37. The van der Waals surface area contributed by atoms with Crippen molar-refractivity contribution >= 4 is 11.7 Å². The van der Waals surface area contributed by atoms with E-state index in [0.717, 1.165) is 25.7 Å². The van der Waals surface area contributed by atoms with Gasteiger partial charge >= 0.3 is 0 Å². The Labute approximate surface area is 113 Å². The Bertz CT molecular complexity index is 356. The minimum absolute atomic E-state index is 0.0895. The van der Waals surface area contributed by atoms with Gasteiger partial charge in [-0.2, -0.15) is 0 Å². The lowest BCUT2D eigenvalue weighted by Crippen LogP contribution is -2.45. The van der Waals surface area contributed by atoms with E-state index in [0.29, 0.717) is 39.1 Å². The molecule has 1 amide bonds. The summed E-state index contributed by atoms with van der Waals surface area (Å²) in [4.78, 5) is 25.5. The van der Waals surface area contributed by atoms with Crippen LogP contribution in [0.3, 0.4) is 0 Å². The molecule has 3 rings (SSSR count). The van der Waals surface area contributed by atoms with Crippen molar-refractivity contribution < 1.29 is 19.1 Å². The van der Waals surface area contributed by atoms with Gasteiger partial charge in [0.15, 0.2) is 5.79 Å². The normalized spacial score (nSPS) is 28.0. The number of piperidine rings is 1. The molecule has 1 saturated carbocycles. The van der Waals surface area contributed by atoms with Crippen LogP contribution in [0.1, 0.15) is 38.5 Å². The lowest BCUT2D eigenvalue weighted by molar-refractivity contribution is -0.185. The van der Waals surface area contributed by atoms with E-state index < -0.39 is 5.79 Å². The van der Waals surface area contributed by atoms with Crippen molar-refractivity contribution in [3.05, 3.63) is 0 Å². The van der Waals surface area contributed by atoms with Crippen LogP contribution in [-0.2, 0) is 19.1 Å². The van der Waals surface area contributed by atoms with Crippen LogP contribution in [-0.4, -0.2) is 48.7 Å². The molecular weight excluding hydrogens is 246 g/mol. The average Bonchev–Trinajstić information content (AvgIpc) is 2.88. The molecule has 0 N–H and O–H groups in total. The molecule has 0 aromatic heterocycles. The van der Waals surface area contributed by atoms with E-state index in [9.17, 15) is 9.59 Å². The molecule has 5 heteroatoms. The van der Waals surface area contributed by atoms with Crippen LogP contribution in [0, 0.1) is 5.92 Å². The number of ether oxygens (including phenoxy) is 2. The largest absolute Gasteiger partial charge is 0.348 e. The molecule has 19 heavy (non-hydrogen) atoms. The second kappa shape index (κ2) is 5.21. The van der Waals surface area contributed by atoms with Crippen molar-refractivity contribution in [2.45, 2.75) is 44.3 Å². The molecule has 0 radical (unpaired) electrons. The lowest BCUT2D eigenvalue weighted by atomic mass is 9.84. The summed E-state index contributed by atoms with van der Waals surface area (Å²) in [5.41, 5.74) is 0. The van der Waals surface area contributed by atoms with Crippen molar-refractivity contribution in [3.8, 4) is 0 Å². The van der Waals surface area contributed by atoms with E-state index in [1.165, 1.54) is 0 Å². The highest BCUT2D eigenvalue weighted by molar-refractivity contribution is 5.84. The molecule has 106 valence electrons. The second-order valence-corrected chi connectivity index (χ2v) is 5.75. The summed E-state index contributed by atoms with van der Waals surface area (Å²) in [6, 6.07) is 0. The van der Waals surface area contributed by atoms with Crippen LogP contribution in [0.2, 0.25) is 0 Å². The van der Waals surface area contributed by atoms with Crippen LogP contribution in [0.4, 0.5) is 0 Å². The van der Waals surface area contributed by atoms with Crippen LogP contribution < -0.4 is 0 Å². The zero-order valence-electron chi connectivity index (χ0n) is 11.2. The molecule has 0 aromatic rings. The number of ketones is 1. The van der Waals surface area contributed by atoms with Gasteiger partial charge in [0.1, 0.15) is 5.78 Å². The number of carbonyl (C=O) groups is 2. The Morgan fingerprint density at radius 3 is 2.26 bits per heavy atom. The Morgan fingerprint density at radius 1 is 1.11 bits per heavy atom. The van der Waals surface area contributed by atoms with E-state index in [2.05, 4.69) is 0 Å². The molecule has 0 unspecified atom stereocenters. The van der Waals surface area contributed by atoms with Gasteiger partial charge in [-0.15, -0.1) is 0 Å². The first kappa shape index (κ1) is 13.1. The molecular formula is C14H21NO4. The summed E-state index contributed by atoms with van der Waals surface area (Å²) < 4.78 is 11.4. The van der Waals surface area contributed by atoms with Crippen LogP contribution >= 0.6 is 0 Å². The predicted molar refractivity (Wildman–Crippen MR) is 67.4 cm³/mol. The van der Waals surface area contributed by atoms with Crippen molar-refractivity contribution in [2.24, 2.45) is 5.92 Å². The van der Waals surface area contributed by atoms with Crippen molar-refractivity contribution in [3.63, 3.8) is 0 Å². The molecule has 2 saturated heterocycles. The number of amides is 1. The summed E-state index contributed by atoms with van der Waals surface area (Å²) in [6.45, 7) is 2.55. The Hall–Kier alpha value is -0.940. The minimum atomic E-state index is -0.394. The summed E-state index contributed by atoms with van der Waals surface area (Å²) in [5.74, 6) is 0.195. The maximum Gasteiger partial charge on any atom is 0.225 e. The highest BCUT2D eigenvalue weighted by atomic mass is 16.7. The molecule has 3 aliphatic rings. The first-order valence-corrected chi connectivity index (χ1v) is 7.27. The maximum absolute atomic E-state index is 12.4. The number of Topliss-reactive ketones (excluding diaryl/α,β-unsaturated/α-hetero) is 1. The van der Waals surface area contributed by atoms with Gasteiger partial charge in [-0.25, -0.2) is 0 Å². The molecule has 2 aliphatic heterocycles. The fraction of sp³-hybridized carbons (Fsp3) is 0.857. The molecule has 2 heterocycles. The van der Waals surface area contributed by atoms with Gasteiger partial charge in [0, 0.05) is 44.7 Å². The quantitative estimate of drug-likeness (QED) is 0.714. The third-order valence-electron chi connectivity index (χ3n) is 4.54. The molecule has 0 aromatic carbocycles. The number of likely N-dealkylation sites (tertiary alicyclic amines) is 1. The van der Waals surface area contributed by atoms with E-state index in [-0.39, 0.29) is 17.6 Å². The van der Waals surface area contributed by atoms with Gasteiger partial charge in [0.2, 0.25) is 5.91 Å². The van der Waals surface area contributed by atoms with Gasteiger partial charge in [-0.3, -0.25) is 9.59 Å². The van der Waals surface area contributed by atoms with Gasteiger partial charge in [0.25, 0.3) is 0 Å². The van der Waals surface area contributed by atoms with Gasteiger partial charge in [-0.1, -0.05) is 0 Å². The summed E-state index contributed by atoms with van der Waals surface area (Å²) >= 11 is 0. The molecule has 0 atom stereocenters. The first-order chi connectivity index (χ1) is 9.19. The standard InChI is InChI=1S/C14H21NO4/c16-12-3-7-15(8-4-12)13(17)11-1-5-14(6-2-11)18-9-10-19-14/h11H,1-10H2. The average molecular weight is 267 g/mol. The molecule has 1 aliphatic carbocycles. The van der Waals surface area contributed by atoms with E-state index in [1.807, 2.05) is 4.90 Å². The zero-order valence-corrected chi connectivity index (χ0v) is 11.2. The fourth-order valence-corrected chi connectivity index (χ4v) is 3.32. The van der Waals surface area contributed by atoms with Gasteiger partial charge in [0.05, 0.1) is 13.2 Å². The summed E-state index contributed by atoms with van der Waals surface area (Å²) in [6.07, 6.45) is 4.35. The number of rotatable bonds is 1. The SMILES string of the molecule is O=C1CCN(C(=O)C2CCC3(CC2)OCCO3)CC1. The van der Waals surface area contributed by atoms with Crippen molar-refractivity contribution in [2.75, 3.05) is 26.3 Å². The predicted octanol–water partition coefficient (Wildman–Crippen LogP) is 1.11. The Morgan fingerprint density at radius 2 is 1.68 bits per heavy atom. The number of carbonyl (C=O) groups excluding carboxylic acids is 2. The number of hydrogen-bond donors (Lipinski definition) is 0. The van der Waals surface area contributed by atoms with Crippen LogP contribution in [0.15, 0.2) is 0 Å². The third kappa shape index (κ3) is 2.67. The molecule has 3 fully saturated rings. The third-order valence-corrected chi connectivity index (χ3v) is 4.54. The topological polar surface area (TPSA) is 55.8 Å². The second-order valence-electron chi connectivity index (χ2n) is 5.75. The molecule has 5 nitrogen and oxygen atoms in total. The van der Waals surface area contributed by atoms with Crippen molar-refractivity contribution in [1.29, 1.82) is 0 Å². The van der Waals surface area contributed by atoms with Crippen LogP contribution in [0.5, 0.6) is 0 Å². The van der Waals surface area contributed by atoms with E-state index in [1.54, 1.807) is 0 Å². The highest BCUT2D eigenvalue weighted by Gasteiger charge is 2.42. The van der Waals surface area contributed by atoms with E-state index >= 15 is 0 Å². The number of nitrogens with zero attached hydrogens (tertiary/aromatic N) is 1. The number of hydrogen-bond acceptors (Lipinski definition) is 4. The molecule has 1 spiro atoms. The smallest absolute Gasteiger partial charge is 0.225 e. The maximum atomic E-state index is 12.4. The summed E-state index contributed by atoms with van der Waals surface area (Å²) in [5, 5.41) is 0. The Kier molecular flexibility index (Phi) is 3.58. The fourth-order valence-electron chi connectivity index (χ4n) is 3.32. The van der Waals surface area contributed by atoms with Crippen LogP contribution in [0.25, 0.3) is 0 Å². The Balaban J connectivity index is 1.53. The monoisotopic (exact) mass is 267 g/mol. The summed E-state index contributed by atoms with van der Waals surface area (Å²) in [7, 11) is 0. The molecule has 0 bridgehead atoms. The minimum Gasteiger partial charge on any atom is -0.348 e. The van der Waals surface area contributed by atoms with Crippen molar-refractivity contribution in [1.82, 2.24) is 4.90 Å². The van der Waals surface area contributed by atoms with Gasteiger partial charge in [-0.05, 0) is 12.8 Å².